The van der Waals surface area contributed by atoms with Gasteiger partial charge in [0.05, 0.1) is 22.8 Å². The number of amides is 2. The number of para-hydroxylation sites is 1. The highest BCUT2D eigenvalue weighted by Crippen LogP contribution is 2.35. The maximum absolute atomic E-state index is 13.4. The van der Waals surface area contributed by atoms with Crippen LogP contribution < -0.4 is 16.0 Å². The Labute approximate surface area is 213 Å². The highest BCUT2D eigenvalue weighted by Gasteiger charge is 2.23. The van der Waals surface area contributed by atoms with Gasteiger partial charge in [-0.3, -0.25) is 14.6 Å². The number of aromatic nitrogens is 3. The molecule has 2 aromatic carbocycles. The maximum Gasteiger partial charge on any atom is 0.254 e. The zero-order valence-corrected chi connectivity index (χ0v) is 20.4. The predicted molar refractivity (Wildman–Crippen MR) is 142 cm³/mol. The minimum absolute atomic E-state index is 0.103. The average Bonchev–Trinajstić information content (AvgIpc) is 3.28. The molecule has 0 unspecified atom stereocenters. The lowest BCUT2D eigenvalue weighted by Gasteiger charge is -2.16. The first-order valence-electron chi connectivity index (χ1n) is 11.7. The second-order valence-electron chi connectivity index (χ2n) is 8.50. The van der Waals surface area contributed by atoms with E-state index in [1.807, 2.05) is 61.7 Å². The number of nitrogens with zero attached hydrogens (tertiary/aromatic N) is 2. The number of carbonyl (C=O) groups is 2. The molecule has 3 heterocycles. The van der Waals surface area contributed by atoms with Gasteiger partial charge in [-0.05, 0) is 43.2 Å². The summed E-state index contributed by atoms with van der Waals surface area (Å²) in [4.78, 5) is 38.2. The van der Waals surface area contributed by atoms with Crippen molar-refractivity contribution in [2.75, 3.05) is 17.7 Å². The maximum atomic E-state index is 13.4. The van der Waals surface area contributed by atoms with Crippen LogP contribution in [0.5, 0.6) is 0 Å². The van der Waals surface area contributed by atoms with Gasteiger partial charge in [-0.15, -0.1) is 0 Å². The van der Waals surface area contributed by atoms with Crippen LogP contribution in [-0.2, 0) is 4.79 Å². The van der Waals surface area contributed by atoms with Crippen LogP contribution in [0.1, 0.15) is 41.5 Å². The van der Waals surface area contributed by atoms with Crippen LogP contribution in [0.4, 0.5) is 11.4 Å². The van der Waals surface area contributed by atoms with Gasteiger partial charge >= 0.3 is 0 Å². The highest BCUT2D eigenvalue weighted by molar-refractivity contribution is 6.32. The first-order valence-corrected chi connectivity index (χ1v) is 12.1. The fraction of sp³-hybridized carbons (Fsp3) is 0.185. The van der Waals surface area contributed by atoms with Crippen molar-refractivity contribution in [1.82, 2.24) is 20.3 Å². The molecule has 1 aliphatic rings. The Hall–Kier alpha value is -4.17. The lowest BCUT2D eigenvalue weighted by Crippen LogP contribution is -2.29. The predicted octanol–water partition coefficient (Wildman–Crippen LogP) is 5.47. The Morgan fingerprint density at radius 2 is 2.00 bits per heavy atom. The molecular weight excluding hydrogens is 476 g/mol. The van der Waals surface area contributed by atoms with E-state index in [0.29, 0.717) is 58.3 Å². The normalized spacial score (nSPS) is 16.6. The number of benzene rings is 2. The van der Waals surface area contributed by atoms with E-state index < -0.39 is 6.04 Å². The monoisotopic (exact) mass is 500 g/mol. The fourth-order valence-corrected chi connectivity index (χ4v) is 4.50. The third kappa shape index (κ3) is 4.81. The first kappa shape index (κ1) is 23.6. The smallest absolute Gasteiger partial charge is 0.254 e. The summed E-state index contributed by atoms with van der Waals surface area (Å²) in [6, 6.07) is 14.4. The molecule has 0 fully saturated rings. The van der Waals surface area contributed by atoms with Gasteiger partial charge in [0.15, 0.2) is 0 Å². The number of carbonyl (C=O) groups excluding carboxylic acids is 2. The largest absolute Gasteiger partial charge is 0.388 e. The van der Waals surface area contributed by atoms with E-state index in [-0.39, 0.29) is 11.8 Å². The van der Waals surface area contributed by atoms with Crippen LogP contribution in [0.15, 0.2) is 66.9 Å². The molecule has 1 aliphatic heterocycles. The third-order valence-corrected chi connectivity index (χ3v) is 6.38. The molecule has 0 saturated heterocycles. The molecule has 2 aromatic heterocycles. The van der Waals surface area contributed by atoms with E-state index in [4.69, 9.17) is 16.6 Å². The molecular formula is C27H25ClN6O2. The molecule has 182 valence electrons. The summed E-state index contributed by atoms with van der Waals surface area (Å²) in [6.45, 7) is 0. The Balaban J connectivity index is 1.54. The first-order chi connectivity index (χ1) is 17.5. The topological polar surface area (TPSA) is 112 Å². The van der Waals surface area contributed by atoms with Crippen molar-refractivity contribution >= 4 is 45.7 Å². The number of allylic oxidation sites excluding steroid dienone is 1. The van der Waals surface area contributed by atoms with Crippen LogP contribution in [0.25, 0.3) is 22.2 Å². The number of anilines is 2. The zero-order chi connectivity index (χ0) is 25.1. The quantitative estimate of drug-likeness (QED) is 0.279. The van der Waals surface area contributed by atoms with Gasteiger partial charge in [0.1, 0.15) is 16.7 Å². The van der Waals surface area contributed by atoms with Gasteiger partial charge in [-0.25, -0.2) is 4.98 Å². The molecule has 2 amide bonds. The summed E-state index contributed by atoms with van der Waals surface area (Å²) in [5.74, 6) is 0.163. The van der Waals surface area contributed by atoms with Crippen LogP contribution >= 0.6 is 11.6 Å². The van der Waals surface area contributed by atoms with E-state index in [1.54, 1.807) is 12.3 Å². The van der Waals surface area contributed by atoms with Crippen molar-refractivity contribution in [2.24, 2.45) is 0 Å². The van der Waals surface area contributed by atoms with Gasteiger partial charge in [0.25, 0.3) is 5.91 Å². The Morgan fingerprint density at radius 1 is 1.14 bits per heavy atom. The van der Waals surface area contributed by atoms with E-state index in [9.17, 15) is 9.59 Å². The van der Waals surface area contributed by atoms with Crippen molar-refractivity contribution in [3.05, 3.63) is 83.4 Å². The summed E-state index contributed by atoms with van der Waals surface area (Å²) < 4.78 is 0. The molecule has 5 rings (SSSR count). The molecule has 0 aliphatic carbocycles. The molecule has 2 bridgehead atoms. The zero-order valence-electron chi connectivity index (χ0n) is 19.6. The summed E-state index contributed by atoms with van der Waals surface area (Å²) in [5, 5.41) is 10.4. The number of H-pyrrole nitrogens is 1. The van der Waals surface area contributed by atoms with E-state index >= 15 is 0 Å². The van der Waals surface area contributed by atoms with E-state index in [2.05, 4.69) is 25.9 Å². The molecule has 0 radical (unpaired) electrons. The van der Waals surface area contributed by atoms with E-state index in [0.717, 1.165) is 11.1 Å². The van der Waals surface area contributed by atoms with E-state index in [1.165, 1.54) is 0 Å². The number of rotatable bonds is 3. The molecule has 1 atom stereocenters. The number of imidazole rings is 1. The highest BCUT2D eigenvalue weighted by atomic mass is 35.5. The average molecular weight is 501 g/mol. The number of hydrogen-bond acceptors (Lipinski definition) is 5. The van der Waals surface area contributed by atoms with Crippen LogP contribution in [-0.4, -0.2) is 33.8 Å². The lowest BCUT2D eigenvalue weighted by molar-refractivity contribution is -0.116. The molecule has 0 spiro atoms. The summed E-state index contributed by atoms with van der Waals surface area (Å²) in [7, 11) is 1.81. The van der Waals surface area contributed by atoms with Gasteiger partial charge in [0.2, 0.25) is 5.91 Å². The van der Waals surface area contributed by atoms with Gasteiger partial charge < -0.3 is 20.9 Å². The third-order valence-electron chi connectivity index (χ3n) is 6.10. The Morgan fingerprint density at radius 3 is 2.86 bits per heavy atom. The number of fused-ring (bicyclic) bond motifs is 5. The Bertz CT molecular complexity index is 1470. The van der Waals surface area contributed by atoms with Crippen LogP contribution in [0, 0.1) is 0 Å². The van der Waals surface area contributed by atoms with Crippen molar-refractivity contribution < 1.29 is 9.59 Å². The number of nitrogens with one attached hydrogen (secondary N) is 4. The molecule has 4 N–H and O–H groups in total. The minimum atomic E-state index is -0.469. The van der Waals surface area contributed by atoms with Crippen molar-refractivity contribution in [1.29, 1.82) is 0 Å². The number of hydrogen-bond donors (Lipinski definition) is 4. The SMILES string of the molecule is CNc1ccc2c(c1)NC(=O)CC/C=C/C[C@H](NC(=O)c1cccc3cccnc13)c1nc-2c(Cl)[nH]1. The van der Waals surface area contributed by atoms with Crippen LogP contribution in [0.3, 0.4) is 0 Å². The Kier molecular flexibility index (Phi) is 6.69. The van der Waals surface area contributed by atoms with Crippen molar-refractivity contribution in [2.45, 2.75) is 25.3 Å². The van der Waals surface area contributed by atoms with Gasteiger partial charge in [-0.2, -0.15) is 0 Å². The second kappa shape index (κ2) is 10.2. The van der Waals surface area contributed by atoms with Crippen LogP contribution in [0.2, 0.25) is 5.15 Å². The van der Waals surface area contributed by atoms with Crippen molar-refractivity contribution in [3.8, 4) is 11.3 Å². The number of pyridine rings is 1. The molecule has 4 aromatic rings. The number of aromatic amines is 1. The van der Waals surface area contributed by atoms with Crippen molar-refractivity contribution in [3.63, 3.8) is 0 Å². The standard InChI is InChI=1S/C27H25ClN6O2/c1-29-17-12-13-18-21(15-17)31-22(35)11-4-2-3-10-20(26-33-24(18)25(28)34-26)32-27(36)19-9-5-7-16-8-6-14-30-23(16)19/h2-3,5-9,12-15,20,29H,4,10-11H2,1H3,(H,31,35)(H,32,36)(H,33,34)/b3-2+/t20-/m0/s1. The second-order valence-corrected chi connectivity index (χ2v) is 8.87. The number of halogens is 1. The minimum Gasteiger partial charge on any atom is -0.388 e. The summed E-state index contributed by atoms with van der Waals surface area (Å²) in [5.41, 5.74) is 3.76. The van der Waals surface area contributed by atoms with Gasteiger partial charge in [0, 0.05) is 36.3 Å². The molecule has 8 nitrogen and oxygen atoms in total. The molecule has 0 saturated carbocycles. The lowest BCUT2D eigenvalue weighted by atomic mass is 10.1. The fourth-order valence-electron chi connectivity index (χ4n) is 4.26. The summed E-state index contributed by atoms with van der Waals surface area (Å²) >= 11 is 6.60. The van der Waals surface area contributed by atoms with Gasteiger partial charge in [-0.1, -0.05) is 42.0 Å². The summed E-state index contributed by atoms with van der Waals surface area (Å²) in [6.07, 6.45) is 6.93. The molecule has 9 heteroatoms. The molecule has 36 heavy (non-hydrogen) atoms.